The molecule has 0 aromatic rings. The molecule has 2 bridgehead atoms. The van der Waals surface area contributed by atoms with Crippen LogP contribution in [0.25, 0.3) is 0 Å². The van der Waals surface area contributed by atoms with E-state index in [1.807, 2.05) is 33.8 Å². The van der Waals surface area contributed by atoms with Gasteiger partial charge >= 0.3 is 6.09 Å². The number of allylic oxidation sites excluding steroid dienone is 5. The fourth-order valence-electron chi connectivity index (χ4n) is 5.27. The van der Waals surface area contributed by atoms with E-state index in [1.54, 1.807) is 39.4 Å². The van der Waals surface area contributed by atoms with E-state index >= 15 is 0 Å². The molecule has 220 valence electrons. The summed E-state index contributed by atoms with van der Waals surface area (Å²) in [7, 11) is 4.64. The summed E-state index contributed by atoms with van der Waals surface area (Å²) in [6, 6.07) is 0. The number of fused-ring (bicyclic) bond motifs is 2. The number of rotatable bonds is 4. The van der Waals surface area contributed by atoms with E-state index in [0.29, 0.717) is 12.0 Å². The number of carbonyl (C=O) groups is 4. The van der Waals surface area contributed by atoms with Gasteiger partial charge in [0.15, 0.2) is 5.78 Å². The first-order valence-corrected chi connectivity index (χ1v) is 13.3. The maximum absolute atomic E-state index is 13.4. The first-order chi connectivity index (χ1) is 18.8. The van der Waals surface area contributed by atoms with Crippen LogP contribution in [0.3, 0.4) is 0 Å². The topological polar surface area (TPSA) is 143 Å². The lowest BCUT2D eigenvalue weighted by molar-refractivity contribution is -0.120. The molecule has 40 heavy (non-hydrogen) atoms. The zero-order valence-electron chi connectivity index (χ0n) is 24.6. The Kier molecular flexibility index (Phi) is 12.2. The van der Waals surface area contributed by atoms with E-state index in [-0.39, 0.29) is 29.0 Å². The summed E-state index contributed by atoms with van der Waals surface area (Å²) in [5.41, 5.74) is 6.49. The zero-order chi connectivity index (χ0) is 30.1. The van der Waals surface area contributed by atoms with Gasteiger partial charge in [0.1, 0.15) is 6.10 Å². The highest BCUT2D eigenvalue weighted by Crippen LogP contribution is 2.30. The standard InChI is InChI=1S/C30H42N2O8/c1-16-10-9-11-17(2)29(35)32-23-15-21(33)14-22(25(23)34)27(38-7)20(5)13-24(37-6)28(39-8)19(4)12-18(3)26(16)40-30(31)36/h9-12,14-16,19-20,24,26-28H,13H2,1-8H3,(H2,31,36)(H,32,35)/b10-9+,17-11+,18-12+/t16-,19-,20-,24?,26+,27+,28-/m0/s1. The average molecular weight is 559 g/mol. The minimum Gasteiger partial charge on any atom is -0.441 e. The van der Waals surface area contributed by atoms with Crippen molar-refractivity contribution in [2.24, 2.45) is 23.5 Å². The van der Waals surface area contributed by atoms with Crippen molar-refractivity contribution in [1.29, 1.82) is 0 Å². The van der Waals surface area contributed by atoms with E-state index in [9.17, 15) is 19.2 Å². The summed E-state index contributed by atoms with van der Waals surface area (Å²) in [4.78, 5) is 50.5. The fourth-order valence-corrected chi connectivity index (χ4v) is 5.27. The molecular weight excluding hydrogens is 516 g/mol. The number of amides is 2. The van der Waals surface area contributed by atoms with Gasteiger partial charge < -0.3 is 30.0 Å². The lowest BCUT2D eigenvalue weighted by Crippen LogP contribution is -2.40. The van der Waals surface area contributed by atoms with Crippen LogP contribution in [0.2, 0.25) is 0 Å². The first-order valence-electron chi connectivity index (χ1n) is 13.3. The van der Waals surface area contributed by atoms with Crippen LogP contribution in [0, 0.1) is 17.8 Å². The molecule has 0 saturated carbocycles. The summed E-state index contributed by atoms with van der Waals surface area (Å²) in [6.07, 6.45) is 6.65. The number of hydrogen-bond acceptors (Lipinski definition) is 8. The Labute approximate surface area is 236 Å². The quantitative estimate of drug-likeness (QED) is 0.395. The second-order valence-corrected chi connectivity index (χ2v) is 10.4. The molecule has 0 aromatic carbocycles. The SMILES string of the molecule is COC1C[C@H](C)[C@@H](OC)C2=CC(=O)C=C(NC(=O)/C(C)=C/C=C/[C@H](C)[C@@H](OC(N)=O)/C(C)=C/[C@H](C)[C@@H]1OC)C2=O. The molecule has 0 spiro atoms. The summed E-state index contributed by atoms with van der Waals surface area (Å²) in [5.74, 6) is -2.19. The molecule has 0 radical (unpaired) electrons. The second kappa shape index (κ2) is 14.9. The Morgan fingerprint density at radius 1 is 0.950 bits per heavy atom. The molecule has 0 fully saturated rings. The molecule has 3 N–H and O–H groups in total. The summed E-state index contributed by atoms with van der Waals surface area (Å²) < 4.78 is 22.9. The van der Waals surface area contributed by atoms with Gasteiger partial charge in [0, 0.05) is 50.4 Å². The lowest BCUT2D eigenvalue weighted by atomic mass is 9.83. The van der Waals surface area contributed by atoms with Gasteiger partial charge in [0.2, 0.25) is 5.78 Å². The van der Waals surface area contributed by atoms with Gasteiger partial charge in [-0.15, -0.1) is 0 Å². The van der Waals surface area contributed by atoms with E-state index in [4.69, 9.17) is 24.7 Å². The summed E-state index contributed by atoms with van der Waals surface area (Å²) >= 11 is 0. The molecular formula is C30H42N2O8. The van der Waals surface area contributed by atoms with Crippen LogP contribution in [0.15, 0.2) is 58.9 Å². The number of Topliss-reactive ketones (excluding diaryl/α,β-unsaturated/α-hetero) is 1. The fraction of sp³-hybridized carbons (Fsp3) is 0.533. The van der Waals surface area contributed by atoms with Crippen molar-refractivity contribution in [2.45, 2.75) is 65.5 Å². The molecule has 7 atom stereocenters. The van der Waals surface area contributed by atoms with E-state index < -0.39 is 48.0 Å². The molecule has 10 heteroatoms. The smallest absolute Gasteiger partial charge is 0.405 e. The maximum Gasteiger partial charge on any atom is 0.405 e. The minimum absolute atomic E-state index is 0.119. The van der Waals surface area contributed by atoms with E-state index in [0.717, 1.165) is 11.6 Å². The Morgan fingerprint density at radius 2 is 1.62 bits per heavy atom. The maximum atomic E-state index is 13.4. The number of carbonyl (C=O) groups excluding carboxylic acids is 4. The lowest BCUT2D eigenvalue weighted by Gasteiger charge is -2.34. The van der Waals surface area contributed by atoms with Crippen LogP contribution >= 0.6 is 0 Å². The summed E-state index contributed by atoms with van der Waals surface area (Å²) in [6.45, 7) is 9.17. The monoisotopic (exact) mass is 558 g/mol. The number of ketones is 2. The molecule has 2 amide bonds. The van der Waals surface area contributed by atoms with Crippen molar-refractivity contribution >= 4 is 23.6 Å². The normalized spacial score (nSPS) is 34.4. The van der Waals surface area contributed by atoms with Crippen LogP contribution in [0.5, 0.6) is 0 Å². The molecule has 2 rings (SSSR count). The third-order valence-electron chi connectivity index (χ3n) is 7.29. The number of methoxy groups -OCH3 is 3. The molecule has 10 nitrogen and oxygen atoms in total. The van der Waals surface area contributed by atoms with Crippen LogP contribution in [-0.4, -0.2) is 69.3 Å². The Hall–Kier alpha value is -3.34. The predicted octanol–water partition coefficient (Wildman–Crippen LogP) is 3.33. The van der Waals surface area contributed by atoms with Crippen LogP contribution in [-0.2, 0) is 33.3 Å². The predicted molar refractivity (Wildman–Crippen MR) is 150 cm³/mol. The highest BCUT2D eigenvalue weighted by atomic mass is 16.6. The van der Waals surface area contributed by atoms with Gasteiger partial charge in [0.05, 0.1) is 24.0 Å². The second-order valence-electron chi connectivity index (χ2n) is 10.4. The van der Waals surface area contributed by atoms with Crippen molar-refractivity contribution in [3.8, 4) is 0 Å². The van der Waals surface area contributed by atoms with Gasteiger partial charge in [-0.05, 0) is 37.8 Å². The van der Waals surface area contributed by atoms with Gasteiger partial charge in [0.25, 0.3) is 5.91 Å². The summed E-state index contributed by atoms with van der Waals surface area (Å²) in [5, 5.41) is 2.56. The van der Waals surface area contributed by atoms with Crippen molar-refractivity contribution in [1.82, 2.24) is 5.32 Å². The first kappa shape index (κ1) is 32.9. The average Bonchev–Trinajstić information content (AvgIpc) is 2.88. The highest BCUT2D eigenvalue weighted by Gasteiger charge is 2.36. The van der Waals surface area contributed by atoms with Gasteiger partial charge in [-0.25, -0.2) is 4.79 Å². The largest absolute Gasteiger partial charge is 0.441 e. The van der Waals surface area contributed by atoms with E-state index in [2.05, 4.69) is 5.32 Å². The molecule has 0 aromatic heterocycles. The zero-order valence-corrected chi connectivity index (χ0v) is 24.6. The third kappa shape index (κ3) is 8.33. The van der Waals surface area contributed by atoms with Gasteiger partial charge in [-0.1, -0.05) is 45.1 Å². The Balaban J connectivity index is 2.62. The minimum atomic E-state index is -0.902. The van der Waals surface area contributed by atoms with Crippen LogP contribution in [0.4, 0.5) is 4.79 Å². The van der Waals surface area contributed by atoms with Gasteiger partial charge in [-0.3, -0.25) is 14.4 Å². The van der Waals surface area contributed by atoms with Crippen molar-refractivity contribution in [3.05, 3.63) is 58.9 Å². The molecule has 1 aliphatic carbocycles. The number of hydrogen-bond donors (Lipinski definition) is 2. The van der Waals surface area contributed by atoms with Crippen molar-refractivity contribution < 1.29 is 38.1 Å². The molecule has 1 unspecified atom stereocenters. The Bertz CT molecular complexity index is 1130. The Morgan fingerprint density at radius 3 is 2.20 bits per heavy atom. The number of nitrogens with two attached hydrogens (primary N) is 1. The number of primary amides is 1. The molecule has 0 saturated heterocycles. The molecule has 2 aliphatic rings. The van der Waals surface area contributed by atoms with Crippen molar-refractivity contribution in [3.63, 3.8) is 0 Å². The van der Waals surface area contributed by atoms with Gasteiger partial charge in [-0.2, -0.15) is 0 Å². The number of ether oxygens (including phenoxy) is 4. The highest BCUT2D eigenvalue weighted by molar-refractivity contribution is 6.22. The van der Waals surface area contributed by atoms with Crippen molar-refractivity contribution in [2.75, 3.05) is 21.3 Å². The van der Waals surface area contributed by atoms with Crippen LogP contribution in [0.1, 0.15) is 41.0 Å². The molecule has 1 heterocycles. The third-order valence-corrected chi connectivity index (χ3v) is 7.29. The molecule has 1 aliphatic heterocycles. The van der Waals surface area contributed by atoms with Crippen LogP contribution < -0.4 is 11.1 Å². The van der Waals surface area contributed by atoms with E-state index in [1.165, 1.54) is 13.2 Å². The number of nitrogens with one attached hydrogen (secondary N) is 1.